The summed E-state index contributed by atoms with van der Waals surface area (Å²) in [6, 6.07) is 15.4. The second-order valence-corrected chi connectivity index (χ2v) is 4.93. The lowest BCUT2D eigenvalue weighted by Crippen LogP contribution is -1.97. The molecule has 2 aromatic carbocycles. The van der Waals surface area contributed by atoms with Crippen molar-refractivity contribution in [2.75, 3.05) is 0 Å². The summed E-state index contributed by atoms with van der Waals surface area (Å²) < 4.78 is 0. The van der Waals surface area contributed by atoms with Gasteiger partial charge in [0.15, 0.2) is 0 Å². The number of fused-ring (bicyclic) bond motifs is 1. The zero-order valence-electron chi connectivity index (χ0n) is 10.8. The van der Waals surface area contributed by atoms with Crippen LogP contribution in [0.15, 0.2) is 60.1 Å². The number of hydrogen-bond donors (Lipinski definition) is 0. The molecule has 0 radical (unpaired) electrons. The standard InChI is InChI=1S/C17H17B/c1-18-17-10-8-14(9-11-17)16-7-6-13-4-2-3-5-15(13)12-16/h2-8,10,12,18H,9,11H2,1H3. The van der Waals surface area contributed by atoms with Gasteiger partial charge in [-0.25, -0.2) is 0 Å². The van der Waals surface area contributed by atoms with E-state index in [0.717, 1.165) is 0 Å². The van der Waals surface area contributed by atoms with Crippen LogP contribution in [0.5, 0.6) is 0 Å². The van der Waals surface area contributed by atoms with E-state index in [4.69, 9.17) is 0 Å². The van der Waals surface area contributed by atoms with Crippen molar-refractivity contribution in [3.05, 3.63) is 65.7 Å². The van der Waals surface area contributed by atoms with Crippen LogP contribution in [0.25, 0.3) is 16.3 Å². The van der Waals surface area contributed by atoms with Crippen LogP contribution in [0.4, 0.5) is 0 Å². The summed E-state index contributed by atoms with van der Waals surface area (Å²) in [4.78, 5) is 0. The van der Waals surface area contributed by atoms with Crippen LogP contribution in [-0.4, -0.2) is 7.28 Å². The van der Waals surface area contributed by atoms with Crippen LogP contribution in [0.1, 0.15) is 18.4 Å². The third kappa shape index (κ3) is 2.13. The van der Waals surface area contributed by atoms with Gasteiger partial charge in [0.2, 0.25) is 0 Å². The van der Waals surface area contributed by atoms with Crippen molar-refractivity contribution < 1.29 is 0 Å². The molecule has 1 heteroatoms. The van der Waals surface area contributed by atoms with Crippen molar-refractivity contribution in [1.82, 2.24) is 0 Å². The Hall–Kier alpha value is -1.76. The number of hydrogen-bond acceptors (Lipinski definition) is 0. The molecule has 0 heterocycles. The normalized spacial score (nSPS) is 15.2. The first-order valence-electron chi connectivity index (χ1n) is 6.74. The molecule has 1 aliphatic rings. The average molecular weight is 232 g/mol. The minimum atomic E-state index is 1.18. The van der Waals surface area contributed by atoms with Crippen LogP contribution in [-0.2, 0) is 0 Å². The van der Waals surface area contributed by atoms with Crippen molar-refractivity contribution in [1.29, 1.82) is 0 Å². The smallest absolute Gasteiger partial charge is 0.105 e. The van der Waals surface area contributed by atoms with E-state index >= 15 is 0 Å². The highest BCUT2D eigenvalue weighted by Crippen LogP contribution is 2.28. The monoisotopic (exact) mass is 232 g/mol. The Kier molecular flexibility index (Phi) is 3.06. The Bertz CT molecular complexity index is 635. The van der Waals surface area contributed by atoms with Gasteiger partial charge >= 0.3 is 0 Å². The largest absolute Gasteiger partial charge is 0.149 e. The molecule has 18 heavy (non-hydrogen) atoms. The first-order valence-corrected chi connectivity index (χ1v) is 6.74. The molecule has 0 saturated heterocycles. The minimum absolute atomic E-state index is 1.18. The molecular weight excluding hydrogens is 215 g/mol. The van der Waals surface area contributed by atoms with Gasteiger partial charge in [-0.1, -0.05) is 55.4 Å². The van der Waals surface area contributed by atoms with Gasteiger partial charge in [0.1, 0.15) is 7.28 Å². The van der Waals surface area contributed by atoms with E-state index in [1.165, 1.54) is 42.0 Å². The van der Waals surface area contributed by atoms with E-state index < -0.39 is 0 Å². The van der Waals surface area contributed by atoms with Gasteiger partial charge in [0, 0.05) is 0 Å². The Morgan fingerprint density at radius 3 is 2.44 bits per heavy atom. The lowest BCUT2D eigenvalue weighted by Gasteiger charge is -2.14. The fraction of sp³-hybridized carbons (Fsp3) is 0.176. The maximum atomic E-state index is 2.31. The lowest BCUT2D eigenvalue weighted by molar-refractivity contribution is 1.03. The second kappa shape index (κ2) is 4.85. The first-order chi connectivity index (χ1) is 8.86. The minimum Gasteiger partial charge on any atom is -0.105 e. The van der Waals surface area contributed by atoms with Crippen LogP contribution in [0.2, 0.25) is 6.82 Å². The molecule has 0 atom stereocenters. The maximum Gasteiger partial charge on any atom is 0.149 e. The SMILES string of the molecule is CBC1=CC=C(c2ccc3ccccc3c2)CC1. The molecule has 1 aliphatic carbocycles. The molecule has 3 rings (SSSR count). The lowest BCUT2D eigenvalue weighted by atomic mass is 9.68. The molecule has 2 aromatic rings. The van der Waals surface area contributed by atoms with Gasteiger partial charge < -0.3 is 0 Å². The van der Waals surface area contributed by atoms with Crippen molar-refractivity contribution in [3.63, 3.8) is 0 Å². The summed E-state index contributed by atoms with van der Waals surface area (Å²) >= 11 is 0. The highest BCUT2D eigenvalue weighted by molar-refractivity contribution is 6.43. The Morgan fingerprint density at radius 2 is 1.72 bits per heavy atom. The quantitative estimate of drug-likeness (QED) is 0.674. The van der Waals surface area contributed by atoms with E-state index in [-0.39, 0.29) is 0 Å². The van der Waals surface area contributed by atoms with E-state index in [2.05, 4.69) is 61.4 Å². The number of allylic oxidation sites excluding steroid dienone is 4. The number of rotatable bonds is 2. The van der Waals surface area contributed by atoms with E-state index in [9.17, 15) is 0 Å². The van der Waals surface area contributed by atoms with Crippen molar-refractivity contribution >= 4 is 23.6 Å². The van der Waals surface area contributed by atoms with Crippen LogP contribution in [0, 0.1) is 0 Å². The van der Waals surface area contributed by atoms with Crippen molar-refractivity contribution in [2.24, 2.45) is 0 Å². The van der Waals surface area contributed by atoms with E-state index in [0.29, 0.717) is 0 Å². The Labute approximate surface area is 109 Å². The fourth-order valence-electron chi connectivity index (χ4n) is 2.60. The molecule has 0 amide bonds. The zero-order valence-corrected chi connectivity index (χ0v) is 10.8. The highest BCUT2D eigenvalue weighted by Gasteiger charge is 2.07. The molecule has 0 saturated carbocycles. The third-order valence-corrected chi connectivity index (χ3v) is 3.81. The zero-order chi connectivity index (χ0) is 12.4. The Morgan fingerprint density at radius 1 is 0.889 bits per heavy atom. The Balaban J connectivity index is 2.00. The van der Waals surface area contributed by atoms with Crippen molar-refractivity contribution in [2.45, 2.75) is 19.7 Å². The van der Waals surface area contributed by atoms with Crippen LogP contribution < -0.4 is 0 Å². The summed E-state index contributed by atoms with van der Waals surface area (Å²) in [5.74, 6) is 0. The topological polar surface area (TPSA) is 0 Å². The summed E-state index contributed by atoms with van der Waals surface area (Å²) in [6.45, 7) is 2.24. The molecule has 0 bridgehead atoms. The van der Waals surface area contributed by atoms with Gasteiger partial charge in [-0.2, -0.15) is 0 Å². The molecule has 0 unspecified atom stereocenters. The molecule has 0 spiro atoms. The van der Waals surface area contributed by atoms with E-state index in [1.807, 2.05) is 0 Å². The first kappa shape index (κ1) is 11.3. The number of benzene rings is 2. The summed E-state index contributed by atoms with van der Waals surface area (Å²) in [5, 5.41) is 2.66. The fourth-order valence-corrected chi connectivity index (χ4v) is 2.60. The molecular formula is C17H17B. The van der Waals surface area contributed by atoms with Gasteiger partial charge in [-0.15, -0.1) is 5.47 Å². The summed E-state index contributed by atoms with van der Waals surface area (Å²) in [7, 11) is 1.18. The molecule has 0 N–H and O–H groups in total. The predicted octanol–water partition coefficient (Wildman–Crippen LogP) is 4.39. The summed E-state index contributed by atoms with van der Waals surface area (Å²) in [6.07, 6.45) is 6.99. The molecule has 0 aromatic heterocycles. The van der Waals surface area contributed by atoms with E-state index in [1.54, 1.807) is 5.47 Å². The predicted molar refractivity (Wildman–Crippen MR) is 82.3 cm³/mol. The summed E-state index contributed by atoms with van der Waals surface area (Å²) in [5.41, 5.74) is 4.41. The second-order valence-electron chi connectivity index (χ2n) is 4.93. The molecule has 88 valence electrons. The van der Waals surface area contributed by atoms with Gasteiger partial charge in [-0.3, -0.25) is 0 Å². The average Bonchev–Trinajstić information content (AvgIpc) is 2.47. The molecule has 0 aliphatic heterocycles. The molecule has 0 nitrogen and oxygen atoms in total. The molecule has 0 fully saturated rings. The van der Waals surface area contributed by atoms with Gasteiger partial charge in [0.25, 0.3) is 0 Å². The van der Waals surface area contributed by atoms with Gasteiger partial charge in [0.05, 0.1) is 0 Å². The van der Waals surface area contributed by atoms with Crippen LogP contribution in [0.3, 0.4) is 0 Å². The van der Waals surface area contributed by atoms with Crippen LogP contribution >= 0.6 is 0 Å². The third-order valence-electron chi connectivity index (χ3n) is 3.81. The van der Waals surface area contributed by atoms with Gasteiger partial charge in [-0.05, 0) is 40.8 Å². The highest BCUT2D eigenvalue weighted by atomic mass is 14.1. The van der Waals surface area contributed by atoms with Crippen molar-refractivity contribution in [3.8, 4) is 0 Å². The maximum absolute atomic E-state index is 2.31.